The quantitative estimate of drug-likeness (QED) is 0.556. The molecule has 0 heterocycles. The van der Waals surface area contributed by atoms with Crippen LogP contribution in [-0.4, -0.2) is 38.3 Å². The van der Waals surface area contributed by atoms with E-state index in [1.165, 1.54) is 11.1 Å². The Morgan fingerprint density at radius 2 is 1.46 bits per heavy atom. The van der Waals surface area contributed by atoms with Gasteiger partial charge in [-0.1, -0.05) is 45.0 Å². The molecule has 3 nitrogen and oxygen atoms in total. The monoisotopic (exact) mass is 355 g/mol. The van der Waals surface area contributed by atoms with Gasteiger partial charge in [0.15, 0.2) is 0 Å². The molecule has 0 radical (unpaired) electrons. The van der Waals surface area contributed by atoms with Crippen molar-refractivity contribution in [3.63, 3.8) is 0 Å². The molecule has 0 saturated heterocycles. The average Bonchev–Trinajstić information content (AvgIpc) is 2.70. The summed E-state index contributed by atoms with van der Waals surface area (Å²) in [7, 11) is 1.70. The van der Waals surface area contributed by atoms with Crippen LogP contribution < -0.4 is 9.47 Å². The molecule has 26 heavy (non-hydrogen) atoms. The van der Waals surface area contributed by atoms with Gasteiger partial charge in [0.05, 0.1) is 7.11 Å². The van der Waals surface area contributed by atoms with Gasteiger partial charge in [0.1, 0.15) is 18.1 Å². The largest absolute Gasteiger partial charge is 0.497 e. The number of hydrogen-bond donors (Lipinski definition) is 0. The van der Waals surface area contributed by atoms with Gasteiger partial charge in [-0.25, -0.2) is 0 Å². The van der Waals surface area contributed by atoms with Crippen LogP contribution in [0, 0.1) is 0 Å². The predicted molar refractivity (Wildman–Crippen MR) is 109 cm³/mol. The van der Waals surface area contributed by atoms with Crippen molar-refractivity contribution in [2.75, 3.05) is 33.4 Å². The number of hydrogen-bond acceptors (Lipinski definition) is 3. The molecule has 2 aromatic carbocycles. The van der Waals surface area contributed by atoms with E-state index in [2.05, 4.69) is 62.1 Å². The molecule has 0 aliphatic carbocycles. The topological polar surface area (TPSA) is 21.7 Å². The maximum absolute atomic E-state index is 5.90. The Bertz CT molecular complexity index is 618. The van der Waals surface area contributed by atoms with E-state index in [1.54, 1.807) is 7.11 Å². The zero-order chi connectivity index (χ0) is 18.8. The molecule has 1 atom stereocenters. The Kier molecular flexibility index (Phi) is 8.49. The first kappa shape index (κ1) is 20.3. The van der Waals surface area contributed by atoms with Crippen LogP contribution in [0.4, 0.5) is 0 Å². The molecule has 3 heteroatoms. The molecule has 0 saturated carbocycles. The molecule has 0 bridgehead atoms. The molecule has 142 valence electrons. The van der Waals surface area contributed by atoms with Gasteiger partial charge < -0.3 is 14.4 Å². The van der Waals surface area contributed by atoms with E-state index in [0.29, 0.717) is 5.92 Å². The molecular weight excluding hydrogens is 322 g/mol. The van der Waals surface area contributed by atoms with Gasteiger partial charge in [-0.2, -0.15) is 0 Å². The first-order chi connectivity index (χ1) is 12.7. The highest BCUT2D eigenvalue weighted by molar-refractivity contribution is 5.32. The summed E-state index contributed by atoms with van der Waals surface area (Å²) < 4.78 is 11.1. The van der Waals surface area contributed by atoms with E-state index >= 15 is 0 Å². The normalized spacial score (nSPS) is 12.2. The minimum absolute atomic E-state index is 0.521. The first-order valence-corrected chi connectivity index (χ1v) is 9.78. The van der Waals surface area contributed by atoms with Crippen LogP contribution in [0.15, 0.2) is 48.5 Å². The highest BCUT2D eigenvalue weighted by Gasteiger charge is 2.11. The van der Waals surface area contributed by atoms with Crippen LogP contribution in [0.1, 0.15) is 44.2 Å². The van der Waals surface area contributed by atoms with Crippen LogP contribution in [-0.2, 0) is 6.42 Å². The standard InChI is InChI=1S/C23H33NO2/c1-5-20(18-19-8-12-22(25-4)13-9-19)21-10-14-23(15-11-21)26-17-16-24(6-2)7-3/h8-15,20H,5-7,16-18H2,1-4H3. The Hall–Kier alpha value is -2.00. The van der Waals surface area contributed by atoms with Crippen molar-refractivity contribution in [1.82, 2.24) is 4.90 Å². The summed E-state index contributed by atoms with van der Waals surface area (Å²) in [6.45, 7) is 10.5. The lowest BCUT2D eigenvalue weighted by atomic mass is 9.90. The number of nitrogens with zero attached hydrogens (tertiary/aromatic N) is 1. The molecule has 1 unspecified atom stereocenters. The second-order valence-electron chi connectivity index (χ2n) is 6.60. The lowest BCUT2D eigenvalue weighted by molar-refractivity contribution is 0.223. The van der Waals surface area contributed by atoms with Crippen molar-refractivity contribution in [3.8, 4) is 11.5 Å². The summed E-state index contributed by atoms with van der Waals surface area (Å²) >= 11 is 0. The van der Waals surface area contributed by atoms with Crippen LogP contribution in [0.5, 0.6) is 11.5 Å². The Morgan fingerprint density at radius 1 is 0.846 bits per heavy atom. The van der Waals surface area contributed by atoms with Gasteiger partial charge in [-0.3, -0.25) is 0 Å². The van der Waals surface area contributed by atoms with Gasteiger partial charge in [0.2, 0.25) is 0 Å². The van der Waals surface area contributed by atoms with Crippen molar-refractivity contribution >= 4 is 0 Å². The Morgan fingerprint density at radius 3 is 2.00 bits per heavy atom. The summed E-state index contributed by atoms with van der Waals surface area (Å²) in [5.41, 5.74) is 2.72. The summed E-state index contributed by atoms with van der Waals surface area (Å²) in [5, 5.41) is 0. The lowest BCUT2D eigenvalue weighted by Crippen LogP contribution is -2.27. The van der Waals surface area contributed by atoms with Crippen molar-refractivity contribution in [2.45, 2.75) is 39.5 Å². The zero-order valence-electron chi connectivity index (χ0n) is 16.7. The molecule has 0 N–H and O–H groups in total. The summed E-state index contributed by atoms with van der Waals surface area (Å²) in [5.74, 6) is 2.39. The summed E-state index contributed by atoms with van der Waals surface area (Å²) in [6, 6.07) is 17.0. The number of methoxy groups -OCH3 is 1. The molecule has 0 fully saturated rings. The van der Waals surface area contributed by atoms with Gasteiger partial charge >= 0.3 is 0 Å². The summed E-state index contributed by atoms with van der Waals surface area (Å²) in [4.78, 5) is 2.37. The molecule has 0 aromatic heterocycles. The SMILES string of the molecule is CCC(Cc1ccc(OC)cc1)c1ccc(OCCN(CC)CC)cc1. The average molecular weight is 356 g/mol. The van der Waals surface area contributed by atoms with Gasteiger partial charge in [0, 0.05) is 6.54 Å². The number of ether oxygens (including phenoxy) is 2. The maximum Gasteiger partial charge on any atom is 0.119 e. The molecule has 0 aliphatic rings. The van der Waals surface area contributed by atoms with E-state index in [-0.39, 0.29) is 0 Å². The van der Waals surface area contributed by atoms with E-state index < -0.39 is 0 Å². The van der Waals surface area contributed by atoms with Gasteiger partial charge in [-0.15, -0.1) is 0 Å². The zero-order valence-corrected chi connectivity index (χ0v) is 16.7. The molecular formula is C23H33NO2. The summed E-state index contributed by atoms with van der Waals surface area (Å²) in [6.07, 6.45) is 2.16. The fourth-order valence-electron chi connectivity index (χ4n) is 3.21. The highest BCUT2D eigenvalue weighted by atomic mass is 16.5. The fraction of sp³-hybridized carbons (Fsp3) is 0.478. The number of benzene rings is 2. The first-order valence-electron chi connectivity index (χ1n) is 9.78. The van der Waals surface area contributed by atoms with E-state index in [1.807, 2.05) is 12.1 Å². The third kappa shape index (κ3) is 6.06. The van der Waals surface area contributed by atoms with E-state index in [0.717, 1.165) is 50.6 Å². The molecule has 0 amide bonds. The van der Waals surface area contributed by atoms with Crippen molar-refractivity contribution in [2.24, 2.45) is 0 Å². The molecule has 2 aromatic rings. The minimum atomic E-state index is 0.521. The number of rotatable bonds is 11. The van der Waals surface area contributed by atoms with Crippen LogP contribution >= 0.6 is 0 Å². The van der Waals surface area contributed by atoms with Gasteiger partial charge in [0.25, 0.3) is 0 Å². The van der Waals surface area contributed by atoms with Gasteiger partial charge in [-0.05, 0) is 67.2 Å². The van der Waals surface area contributed by atoms with E-state index in [4.69, 9.17) is 9.47 Å². The van der Waals surface area contributed by atoms with Crippen LogP contribution in [0.2, 0.25) is 0 Å². The smallest absolute Gasteiger partial charge is 0.119 e. The van der Waals surface area contributed by atoms with Crippen LogP contribution in [0.25, 0.3) is 0 Å². The Labute approximate surface area is 158 Å². The predicted octanol–water partition coefficient (Wildman–Crippen LogP) is 5.15. The lowest BCUT2D eigenvalue weighted by Gasteiger charge is -2.19. The van der Waals surface area contributed by atoms with Crippen molar-refractivity contribution < 1.29 is 9.47 Å². The molecule has 0 spiro atoms. The highest BCUT2D eigenvalue weighted by Crippen LogP contribution is 2.26. The van der Waals surface area contributed by atoms with Crippen LogP contribution in [0.3, 0.4) is 0 Å². The molecule has 2 rings (SSSR count). The third-order valence-corrected chi connectivity index (χ3v) is 5.06. The Balaban J connectivity index is 1.91. The van der Waals surface area contributed by atoms with Crippen molar-refractivity contribution in [1.29, 1.82) is 0 Å². The second kappa shape index (κ2) is 10.9. The minimum Gasteiger partial charge on any atom is -0.497 e. The number of likely N-dealkylation sites (N-methyl/N-ethyl adjacent to an activating group) is 1. The van der Waals surface area contributed by atoms with E-state index in [9.17, 15) is 0 Å². The maximum atomic E-state index is 5.90. The second-order valence-corrected chi connectivity index (χ2v) is 6.60. The fourth-order valence-corrected chi connectivity index (χ4v) is 3.21. The molecule has 0 aliphatic heterocycles. The van der Waals surface area contributed by atoms with Crippen molar-refractivity contribution in [3.05, 3.63) is 59.7 Å². The third-order valence-electron chi connectivity index (χ3n) is 5.06.